The smallest absolute Gasteiger partial charge is 0.326 e. The van der Waals surface area contributed by atoms with E-state index in [-0.39, 0.29) is 19.1 Å². The van der Waals surface area contributed by atoms with Crippen molar-refractivity contribution in [3.63, 3.8) is 0 Å². The highest BCUT2D eigenvalue weighted by Gasteiger charge is 2.54. The topological polar surface area (TPSA) is 138 Å². The zero-order valence-electron chi connectivity index (χ0n) is 22.6. The number of hydrogen-bond acceptors (Lipinski definition) is 9. The first-order valence-corrected chi connectivity index (χ1v) is 13.0. The fourth-order valence-electron chi connectivity index (χ4n) is 3.64. The summed E-state index contributed by atoms with van der Waals surface area (Å²) in [5.41, 5.74) is 0. The molecule has 3 unspecified atom stereocenters. The fourth-order valence-corrected chi connectivity index (χ4v) is 3.64. The van der Waals surface area contributed by atoms with Crippen molar-refractivity contribution in [1.82, 2.24) is 10.2 Å². The molecule has 0 aromatic heterocycles. The maximum atomic E-state index is 12.9. The van der Waals surface area contributed by atoms with Gasteiger partial charge in [0.15, 0.2) is 18.4 Å². The van der Waals surface area contributed by atoms with Crippen molar-refractivity contribution < 1.29 is 42.9 Å². The number of nitrogens with zero attached hydrogens (tertiary/aromatic N) is 1. The highest BCUT2D eigenvalue weighted by atomic mass is 16.7. The average Bonchev–Trinajstić information content (AvgIpc) is 3.20. The first-order chi connectivity index (χ1) is 17.5. The number of amides is 3. The van der Waals surface area contributed by atoms with E-state index in [1.54, 1.807) is 26.8 Å². The van der Waals surface area contributed by atoms with Crippen molar-refractivity contribution in [2.24, 2.45) is 17.8 Å². The number of rotatable bonds is 11. The second kappa shape index (κ2) is 14.1. The van der Waals surface area contributed by atoms with Crippen LogP contribution in [-0.2, 0) is 38.1 Å². The van der Waals surface area contributed by atoms with Gasteiger partial charge in [-0.2, -0.15) is 0 Å². The van der Waals surface area contributed by atoms with Crippen molar-refractivity contribution >= 4 is 29.8 Å². The molecule has 0 bridgehead atoms. The number of carbonyl (C=O) groups excluding carboxylic acids is 5. The third kappa shape index (κ3) is 8.02. The summed E-state index contributed by atoms with van der Waals surface area (Å²) >= 11 is 0. The molecule has 0 aromatic carbocycles. The van der Waals surface area contributed by atoms with Crippen LogP contribution in [0.3, 0.4) is 0 Å². The molecule has 3 amide bonds. The molecule has 0 aliphatic carbocycles. The maximum absolute atomic E-state index is 12.9. The minimum absolute atomic E-state index is 0.142. The van der Waals surface area contributed by atoms with Gasteiger partial charge in [0.05, 0.1) is 17.8 Å². The largest absolute Gasteiger partial charge is 0.463 e. The van der Waals surface area contributed by atoms with Crippen molar-refractivity contribution in [2.45, 2.75) is 91.8 Å². The third-order valence-electron chi connectivity index (χ3n) is 6.83. The Morgan fingerprint density at radius 2 is 1.49 bits per heavy atom. The van der Waals surface area contributed by atoms with E-state index in [1.807, 2.05) is 20.8 Å². The van der Waals surface area contributed by atoms with Crippen molar-refractivity contribution in [3.8, 4) is 0 Å². The molecule has 37 heavy (non-hydrogen) atoms. The Morgan fingerprint density at radius 3 is 2.05 bits per heavy atom. The van der Waals surface area contributed by atoms with Crippen LogP contribution in [0.15, 0.2) is 12.2 Å². The molecule has 11 heteroatoms. The van der Waals surface area contributed by atoms with Crippen LogP contribution in [0.25, 0.3) is 0 Å². The molecule has 2 aliphatic heterocycles. The number of carbonyl (C=O) groups is 5. The Morgan fingerprint density at radius 1 is 0.946 bits per heavy atom. The van der Waals surface area contributed by atoms with E-state index in [4.69, 9.17) is 18.9 Å². The maximum Gasteiger partial charge on any atom is 0.326 e. The van der Waals surface area contributed by atoms with Crippen LogP contribution in [0, 0.1) is 17.8 Å². The van der Waals surface area contributed by atoms with E-state index in [0.29, 0.717) is 25.7 Å². The molecule has 2 heterocycles. The summed E-state index contributed by atoms with van der Waals surface area (Å²) in [6, 6.07) is -0.742. The Bertz CT molecular complexity index is 874. The molecule has 11 nitrogen and oxygen atoms in total. The Balaban J connectivity index is 2.43. The minimum atomic E-state index is -1.20. The fraction of sp³-hybridized carbons (Fsp3) is 0.731. The summed E-state index contributed by atoms with van der Waals surface area (Å²) < 4.78 is 23.1. The lowest BCUT2D eigenvalue weighted by Gasteiger charge is -2.33. The number of nitrogens with one attached hydrogen (secondary N) is 1. The summed E-state index contributed by atoms with van der Waals surface area (Å²) in [5.74, 6) is -3.38. The van der Waals surface area contributed by atoms with Gasteiger partial charge in [0.2, 0.25) is 0 Å². The van der Waals surface area contributed by atoms with Gasteiger partial charge in [-0.25, -0.2) is 4.79 Å². The highest BCUT2D eigenvalue weighted by molar-refractivity contribution is 6.00. The zero-order valence-corrected chi connectivity index (χ0v) is 22.6. The van der Waals surface area contributed by atoms with Crippen LogP contribution in [-0.4, -0.2) is 72.4 Å². The molecule has 1 fully saturated rings. The first kappa shape index (κ1) is 30.3. The average molecular weight is 525 g/mol. The van der Waals surface area contributed by atoms with Gasteiger partial charge in [0.1, 0.15) is 12.7 Å². The van der Waals surface area contributed by atoms with E-state index < -0.39 is 66.2 Å². The summed E-state index contributed by atoms with van der Waals surface area (Å²) in [6.07, 6.45) is 0.270. The van der Waals surface area contributed by atoms with Crippen LogP contribution in [0.5, 0.6) is 0 Å². The zero-order chi connectivity index (χ0) is 27.7. The third-order valence-corrected chi connectivity index (χ3v) is 6.83. The van der Waals surface area contributed by atoms with E-state index in [2.05, 4.69) is 5.32 Å². The van der Waals surface area contributed by atoms with Gasteiger partial charge in [-0.1, -0.05) is 47.6 Å². The van der Waals surface area contributed by atoms with E-state index in [0.717, 1.165) is 0 Å². The molecule has 1 saturated heterocycles. The second-order valence-electron chi connectivity index (χ2n) is 9.60. The van der Waals surface area contributed by atoms with Crippen LogP contribution in [0.4, 0.5) is 4.79 Å². The van der Waals surface area contributed by atoms with Gasteiger partial charge in [0.25, 0.3) is 5.91 Å². The predicted molar refractivity (Wildman–Crippen MR) is 132 cm³/mol. The Labute approximate surface area is 218 Å². The van der Waals surface area contributed by atoms with Crippen LogP contribution < -0.4 is 5.32 Å². The first-order valence-electron chi connectivity index (χ1n) is 13.0. The van der Waals surface area contributed by atoms with Gasteiger partial charge < -0.3 is 18.9 Å². The van der Waals surface area contributed by atoms with Crippen molar-refractivity contribution in [2.75, 3.05) is 13.2 Å². The predicted octanol–water partition coefficient (Wildman–Crippen LogP) is 2.71. The minimum Gasteiger partial charge on any atom is -0.463 e. The molecule has 0 spiro atoms. The van der Waals surface area contributed by atoms with E-state index >= 15 is 0 Å². The summed E-state index contributed by atoms with van der Waals surface area (Å²) in [6.45, 7) is 10.5. The van der Waals surface area contributed by atoms with Crippen LogP contribution in [0.1, 0.15) is 67.2 Å². The number of ether oxygens (including phenoxy) is 4. The summed E-state index contributed by atoms with van der Waals surface area (Å²) in [5, 5.41) is 2.23. The number of hydrogen-bond donors (Lipinski definition) is 1. The van der Waals surface area contributed by atoms with Gasteiger partial charge in [-0.15, -0.1) is 0 Å². The Kier molecular flexibility index (Phi) is 11.5. The van der Waals surface area contributed by atoms with Gasteiger partial charge >= 0.3 is 23.9 Å². The standard InChI is InChI=1S/C26H40N2O9/c1-7-15(4)23(30)34-14-18-20(36-24(31)16(5)8-2)21(37-25(32)17(6)9-3)22(35-18)28-13-11-10-12-19(29)27-26(28)33/h10,12,15-18,20-22H,7-9,11,13-14H2,1-6H3,(H,27,29,33)/b12-10-/t15?,16?,17?,18-,20-,21-,22-/m1/s1. The second-order valence-corrected chi connectivity index (χ2v) is 9.60. The molecule has 0 radical (unpaired) electrons. The monoisotopic (exact) mass is 524 g/mol. The van der Waals surface area contributed by atoms with E-state index in [1.165, 1.54) is 11.0 Å². The molecule has 2 rings (SSSR count). The molecular formula is C26H40N2O9. The normalized spacial score (nSPS) is 27.2. The molecule has 7 atom stereocenters. The quantitative estimate of drug-likeness (QED) is 0.319. The Hall–Kier alpha value is -2.95. The molecular weight excluding hydrogens is 484 g/mol. The van der Waals surface area contributed by atoms with Crippen LogP contribution >= 0.6 is 0 Å². The SMILES string of the molecule is CCC(C)C(=O)OC[C@H]1O[C@@H](N2CC/C=C\C(=O)NC2=O)[C@H](OC(=O)C(C)CC)[C@@H]1OC(=O)C(C)CC. The summed E-state index contributed by atoms with van der Waals surface area (Å²) in [7, 11) is 0. The van der Waals surface area contributed by atoms with Gasteiger partial charge in [-0.05, 0) is 31.8 Å². The highest BCUT2D eigenvalue weighted by Crippen LogP contribution is 2.32. The number of esters is 3. The van der Waals surface area contributed by atoms with Crippen LogP contribution in [0.2, 0.25) is 0 Å². The number of urea groups is 1. The lowest BCUT2D eigenvalue weighted by atomic mass is 10.1. The number of imide groups is 1. The molecule has 0 aromatic rings. The molecule has 208 valence electrons. The molecule has 0 saturated carbocycles. The van der Waals surface area contributed by atoms with E-state index in [9.17, 15) is 24.0 Å². The summed E-state index contributed by atoms with van der Waals surface area (Å²) in [4.78, 5) is 64.1. The lowest BCUT2D eigenvalue weighted by molar-refractivity contribution is -0.174. The molecule has 2 aliphatic rings. The van der Waals surface area contributed by atoms with Gasteiger partial charge in [-0.3, -0.25) is 29.4 Å². The van der Waals surface area contributed by atoms with Gasteiger partial charge in [0, 0.05) is 6.54 Å². The molecule has 1 N–H and O–H groups in total. The van der Waals surface area contributed by atoms with Crippen molar-refractivity contribution in [1.29, 1.82) is 0 Å². The van der Waals surface area contributed by atoms with Crippen molar-refractivity contribution in [3.05, 3.63) is 12.2 Å². The lowest BCUT2D eigenvalue weighted by Crippen LogP contribution is -2.54.